The second-order valence-electron chi connectivity index (χ2n) is 8.30. The fraction of sp³-hybridized carbons (Fsp3) is 0.750. The van der Waals surface area contributed by atoms with E-state index in [-0.39, 0.29) is 11.5 Å². The van der Waals surface area contributed by atoms with Crippen molar-refractivity contribution in [2.75, 3.05) is 0 Å². The van der Waals surface area contributed by atoms with E-state index >= 15 is 0 Å². The van der Waals surface area contributed by atoms with Gasteiger partial charge in [0.25, 0.3) is 0 Å². The topological polar surface area (TPSA) is 37.3 Å². The molecule has 22 heavy (non-hydrogen) atoms. The van der Waals surface area contributed by atoms with E-state index in [0.29, 0.717) is 42.3 Å². The zero-order valence-corrected chi connectivity index (χ0v) is 13.5. The van der Waals surface area contributed by atoms with Crippen LogP contribution in [-0.4, -0.2) is 16.5 Å². The van der Waals surface area contributed by atoms with Crippen LogP contribution in [0.3, 0.4) is 0 Å². The number of ketones is 1. The fourth-order valence-corrected chi connectivity index (χ4v) is 6.43. The molecule has 0 spiro atoms. The van der Waals surface area contributed by atoms with Crippen LogP contribution >= 0.6 is 0 Å². The number of carbonyl (C=O) groups excluding carboxylic acids is 1. The molecule has 2 nitrogen and oxygen atoms in total. The lowest BCUT2D eigenvalue weighted by molar-refractivity contribution is -0.116. The van der Waals surface area contributed by atoms with E-state index in [1.54, 1.807) is 0 Å². The van der Waals surface area contributed by atoms with Crippen LogP contribution < -0.4 is 0 Å². The highest BCUT2D eigenvalue weighted by Crippen LogP contribution is 2.65. The minimum absolute atomic E-state index is 0.0885. The smallest absolute Gasteiger partial charge is 0.155 e. The van der Waals surface area contributed by atoms with Gasteiger partial charge in [0.1, 0.15) is 0 Å². The van der Waals surface area contributed by atoms with Crippen LogP contribution in [0.5, 0.6) is 0 Å². The Balaban J connectivity index is 1.65. The normalized spacial score (nSPS) is 52.9. The van der Waals surface area contributed by atoms with Crippen LogP contribution in [0.4, 0.5) is 0 Å². The van der Waals surface area contributed by atoms with Crippen molar-refractivity contribution in [3.05, 3.63) is 24.3 Å². The zero-order chi connectivity index (χ0) is 17.1. The summed E-state index contributed by atoms with van der Waals surface area (Å²) in [4.78, 5) is 11.8. The number of hydrogen-bond acceptors (Lipinski definition) is 2. The summed E-state index contributed by atoms with van der Waals surface area (Å²) < 4.78 is 15.6. The molecule has 0 amide bonds. The lowest BCUT2D eigenvalue weighted by Crippen LogP contribution is -2.51. The SMILES string of the molecule is [2H]C=C([2H])[C@]1(O)CC[C@H]2[C@@H]3CCC4=CC(=O)CC[C@@H]4[C@H]3CC[C@@]21C. The van der Waals surface area contributed by atoms with E-state index in [4.69, 9.17) is 2.74 Å². The summed E-state index contributed by atoms with van der Waals surface area (Å²) in [6.45, 7) is 3.20. The summed E-state index contributed by atoms with van der Waals surface area (Å²) in [7, 11) is 0. The van der Waals surface area contributed by atoms with Crippen LogP contribution in [0.25, 0.3) is 0 Å². The Kier molecular flexibility index (Phi) is 2.73. The minimum atomic E-state index is -1.12. The van der Waals surface area contributed by atoms with Crippen LogP contribution in [0.15, 0.2) is 24.3 Å². The fourth-order valence-electron chi connectivity index (χ4n) is 6.43. The molecule has 0 unspecified atom stereocenters. The molecule has 0 aliphatic heterocycles. The first kappa shape index (κ1) is 12.5. The summed E-state index contributed by atoms with van der Waals surface area (Å²) in [6, 6.07) is 0.0885. The second-order valence-corrected chi connectivity index (χ2v) is 8.30. The van der Waals surface area contributed by atoms with Gasteiger partial charge in [-0.2, -0.15) is 0 Å². The Hall–Kier alpha value is -0.890. The molecular weight excluding hydrogens is 272 g/mol. The van der Waals surface area contributed by atoms with Gasteiger partial charge in [-0.1, -0.05) is 18.5 Å². The van der Waals surface area contributed by atoms with Crippen molar-refractivity contribution >= 4 is 5.78 Å². The molecule has 4 aliphatic carbocycles. The first-order valence-corrected chi connectivity index (χ1v) is 8.92. The molecule has 6 atom stereocenters. The Bertz CT molecular complexity index is 625. The molecule has 3 fully saturated rings. The van der Waals surface area contributed by atoms with Gasteiger partial charge < -0.3 is 5.11 Å². The first-order valence-electron chi connectivity index (χ1n) is 10.00. The molecule has 0 aromatic carbocycles. The van der Waals surface area contributed by atoms with Crippen LogP contribution in [0, 0.1) is 29.1 Å². The number of aliphatic hydroxyl groups is 1. The van der Waals surface area contributed by atoms with Gasteiger partial charge in [-0.05, 0) is 74.7 Å². The van der Waals surface area contributed by atoms with E-state index in [2.05, 4.69) is 6.92 Å². The van der Waals surface area contributed by atoms with E-state index in [9.17, 15) is 9.90 Å². The highest BCUT2D eigenvalue weighted by molar-refractivity contribution is 5.91. The van der Waals surface area contributed by atoms with E-state index in [1.807, 2.05) is 6.08 Å². The molecular formula is C20H28O2. The third kappa shape index (κ3) is 1.79. The Labute approximate surface area is 136 Å². The van der Waals surface area contributed by atoms with Gasteiger partial charge in [0.05, 0.1) is 8.34 Å². The number of fused-ring (bicyclic) bond motifs is 5. The van der Waals surface area contributed by atoms with E-state index in [0.717, 1.165) is 45.1 Å². The van der Waals surface area contributed by atoms with Crippen molar-refractivity contribution in [3.63, 3.8) is 0 Å². The van der Waals surface area contributed by atoms with E-state index in [1.165, 1.54) is 5.57 Å². The number of hydrogen-bond donors (Lipinski definition) is 1. The molecule has 0 saturated heterocycles. The predicted octanol–water partition coefficient (Wildman–Crippen LogP) is 4.05. The standard InChI is InChI=1S/C20H28O2/c1-3-20(22)11-9-18-17-6-4-13-12-14(21)5-7-15(13)16(17)8-10-19(18,20)2/h3,12,15-18,22H,1,4-11H2,2H3/t15-,16+,17+,18-,19-,20-/m0/s1/i1D,3D. The van der Waals surface area contributed by atoms with Crippen molar-refractivity contribution in [1.29, 1.82) is 0 Å². The Morgan fingerprint density at radius 1 is 1.32 bits per heavy atom. The molecule has 4 rings (SSSR count). The monoisotopic (exact) mass is 302 g/mol. The molecule has 120 valence electrons. The molecule has 1 N–H and O–H groups in total. The average Bonchev–Trinajstić information content (AvgIpc) is 2.86. The maximum Gasteiger partial charge on any atom is 0.155 e. The maximum atomic E-state index is 11.8. The third-order valence-electron chi connectivity index (χ3n) is 7.69. The zero-order valence-electron chi connectivity index (χ0n) is 15.5. The average molecular weight is 302 g/mol. The van der Waals surface area contributed by atoms with Gasteiger partial charge in [0.15, 0.2) is 5.78 Å². The lowest BCUT2D eigenvalue weighted by Gasteiger charge is -2.55. The van der Waals surface area contributed by atoms with Crippen LogP contribution in [-0.2, 0) is 4.79 Å². The van der Waals surface area contributed by atoms with Gasteiger partial charge in [0, 0.05) is 11.8 Å². The Morgan fingerprint density at radius 3 is 3.00 bits per heavy atom. The third-order valence-corrected chi connectivity index (χ3v) is 7.69. The first-order chi connectivity index (χ1) is 11.4. The van der Waals surface area contributed by atoms with Gasteiger partial charge in [-0.25, -0.2) is 0 Å². The summed E-state index contributed by atoms with van der Waals surface area (Å²) in [6.07, 6.45) is 9.39. The van der Waals surface area contributed by atoms with Crippen LogP contribution in [0.1, 0.15) is 61.0 Å². The molecule has 0 aromatic heterocycles. The summed E-state index contributed by atoms with van der Waals surface area (Å²) in [5.41, 5.74) is -0.00559. The number of carbonyl (C=O) groups is 1. The van der Waals surface area contributed by atoms with Crippen molar-refractivity contribution in [3.8, 4) is 0 Å². The molecule has 0 aromatic rings. The molecule has 4 aliphatic rings. The van der Waals surface area contributed by atoms with E-state index < -0.39 is 5.60 Å². The Morgan fingerprint density at radius 2 is 2.18 bits per heavy atom. The lowest BCUT2D eigenvalue weighted by atomic mass is 9.50. The largest absolute Gasteiger partial charge is 0.385 e. The molecule has 0 heterocycles. The number of allylic oxidation sites excluding steroid dienone is 1. The van der Waals surface area contributed by atoms with Crippen LogP contribution in [0.2, 0.25) is 0 Å². The molecule has 0 bridgehead atoms. The highest BCUT2D eigenvalue weighted by atomic mass is 16.3. The minimum Gasteiger partial charge on any atom is -0.385 e. The number of rotatable bonds is 1. The maximum absolute atomic E-state index is 11.8. The molecule has 3 saturated carbocycles. The van der Waals surface area contributed by atoms with Gasteiger partial charge in [-0.15, -0.1) is 6.55 Å². The van der Waals surface area contributed by atoms with Crippen molar-refractivity contribution < 1.29 is 12.6 Å². The summed E-state index contributed by atoms with van der Waals surface area (Å²) in [5.74, 6) is 2.57. The molecule has 0 radical (unpaired) electrons. The highest BCUT2D eigenvalue weighted by Gasteiger charge is 2.61. The van der Waals surface area contributed by atoms with Gasteiger partial charge in [0.2, 0.25) is 0 Å². The molecule has 2 heteroatoms. The quantitative estimate of drug-likeness (QED) is 0.742. The summed E-state index contributed by atoms with van der Waals surface area (Å²) >= 11 is 0. The van der Waals surface area contributed by atoms with Crippen molar-refractivity contribution in [2.24, 2.45) is 29.1 Å². The second kappa shape index (κ2) is 4.80. The van der Waals surface area contributed by atoms with Gasteiger partial charge in [-0.3, -0.25) is 4.79 Å². The van der Waals surface area contributed by atoms with Crippen molar-refractivity contribution in [1.82, 2.24) is 0 Å². The summed E-state index contributed by atoms with van der Waals surface area (Å²) in [5, 5.41) is 11.2. The van der Waals surface area contributed by atoms with Crippen molar-refractivity contribution in [2.45, 2.75) is 63.9 Å². The predicted molar refractivity (Wildman–Crippen MR) is 87.2 cm³/mol. The van der Waals surface area contributed by atoms with Gasteiger partial charge >= 0.3 is 0 Å².